The molecule has 1 saturated carbocycles. The number of rotatable bonds is 3. The maximum Gasteiger partial charge on any atom is 0.234 e. The van der Waals surface area contributed by atoms with Gasteiger partial charge in [-0.05, 0) is 25.2 Å². The van der Waals surface area contributed by atoms with Crippen molar-refractivity contribution in [2.45, 2.75) is 32.1 Å². The summed E-state index contributed by atoms with van der Waals surface area (Å²) in [7, 11) is 0. The Hall–Kier alpha value is -0.620. The second-order valence-electron chi connectivity index (χ2n) is 3.08. The Morgan fingerprint density at radius 3 is 3.18 bits per heavy atom. The van der Waals surface area contributed by atoms with Crippen molar-refractivity contribution in [1.82, 2.24) is 0 Å². The highest BCUT2D eigenvalue weighted by Gasteiger charge is 2.12. The molecule has 1 rings (SSSR count). The highest BCUT2D eigenvalue weighted by atomic mass is 16.1. The highest BCUT2D eigenvalue weighted by molar-refractivity contribution is 5.32. The van der Waals surface area contributed by atoms with E-state index in [-0.39, 0.29) is 0 Å². The Morgan fingerprint density at radius 1 is 1.64 bits per heavy atom. The normalized spacial score (nSPS) is 19.3. The molecule has 0 heterocycles. The van der Waals surface area contributed by atoms with Crippen molar-refractivity contribution in [1.29, 1.82) is 0 Å². The van der Waals surface area contributed by atoms with Crippen LogP contribution in [0.2, 0.25) is 0 Å². The lowest BCUT2D eigenvalue weighted by molar-refractivity contribution is 0.394. The summed E-state index contributed by atoms with van der Waals surface area (Å²) in [6, 6.07) is 0. The zero-order valence-corrected chi connectivity index (χ0v) is 6.75. The summed E-state index contributed by atoms with van der Waals surface area (Å²) >= 11 is 0. The molecule has 0 bridgehead atoms. The summed E-state index contributed by atoms with van der Waals surface area (Å²) in [5.74, 6) is 0.779. The minimum Gasteiger partial charge on any atom is -0.211 e. The maximum absolute atomic E-state index is 9.75. The molecule has 0 amide bonds. The molecule has 1 fully saturated rings. The second-order valence-corrected chi connectivity index (χ2v) is 3.08. The molecule has 11 heavy (non-hydrogen) atoms. The van der Waals surface area contributed by atoms with Gasteiger partial charge in [-0.25, -0.2) is 9.79 Å². The van der Waals surface area contributed by atoms with E-state index in [2.05, 4.69) is 11.4 Å². The Morgan fingerprint density at radius 2 is 2.55 bits per heavy atom. The summed E-state index contributed by atoms with van der Waals surface area (Å²) in [4.78, 5) is 13.3. The Bertz CT molecular complexity index is 144. The second kappa shape index (κ2) is 5.09. The van der Waals surface area contributed by atoms with E-state index in [0.29, 0.717) is 6.54 Å². The van der Waals surface area contributed by atoms with Gasteiger partial charge in [-0.1, -0.05) is 19.3 Å². The summed E-state index contributed by atoms with van der Waals surface area (Å²) < 4.78 is 0. The number of nitrogens with zero attached hydrogens (tertiary/aromatic N) is 1. The van der Waals surface area contributed by atoms with Crippen LogP contribution in [0.3, 0.4) is 0 Å². The maximum atomic E-state index is 9.75. The van der Waals surface area contributed by atoms with Crippen LogP contribution in [0.1, 0.15) is 32.1 Å². The monoisotopic (exact) mass is 152 g/mol. The lowest BCUT2D eigenvalue weighted by Crippen LogP contribution is -2.07. The molecular formula is C9H14NO. The average molecular weight is 152 g/mol. The number of aliphatic imine (C=N–C) groups is 1. The molecule has 0 N–H and O–H groups in total. The van der Waals surface area contributed by atoms with Crippen LogP contribution in [0.4, 0.5) is 0 Å². The van der Waals surface area contributed by atoms with Crippen molar-refractivity contribution in [3.63, 3.8) is 0 Å². The van der Waals surface area contributed by atoms with Crippen LogP contribution in [0, 0.1) is 12.3 Å². The Balaban J connectivity index is 2.09. The van der Waals surface area contributed by atoms with Gasteiger partial charge in [0.15, 0.2) is 0 Å². The molecule has 0 aliphatic heterocycles. The van der Waals surface area contributed by atoms with Crippen LogP contribution in [-0.2, 0) is 4.79 Å². The molecule has 2 nitrogen and oxygen atoms in total. The molecule has 0 aromatic heterocycles. The topological polar surface area (TPSA) is 29.4 Å². The van der Waals surface area contributed by atoms with Gasteiger partial charge < -0.3 is 0 Å². The largest absolute Gasteiger partial charge is 0.234 e. The van der Waals surface area contributed by atoms with Gasteiger partial charge in [0, 0.05) is 0 Å². The SMILES string of the molecule is O=C=NCCC1C[CH]CCC1. The molecule has 0 spiro atoms. The zero-order valence-electron chi connectivity index (χ0n) is 6.75. The fraction of sp³-hybridized carbons (Fsp3) is 0.778. The minimum atomic E-state index is 0.669. The number of hydrogen-bond donors (Lipinski definition) is 0. The number of carbonyl (C=O) groups excluding carboxylic acids is 1. The van der Waals surface area contributed by atoms with Gasteiger partial charge in [0.1, 0.15) is 0 Å². The lowest BCUT2D eigenvalue weighted by Gasteiger charge is -2.19. The number of hydrogen-bond acceptors (Lipinski definition) is 2. The van der Waals surface area contributed by atoms with E-state index >= 15 is 0 Å². The molecule has 1 atom stereocenters. The lowest BCUT2D eigenvalue weighted by atomic mass is 9.87. The first-order chi connectivity index (χ1) is 5.43. The molecule has 0 saturated heterocycles. The Labute approximate surface area is 67.7 Å². The highest BCUT2D eigenvalue weighted by Crippen LogP contribution is 2.25. The third-order valence-corrected chi connectivity index (χ3v) is 2.23. The summed E-state index contributed by atoms with van der Waals surface area (Å²) in [6.45, 7) is 0.669. The van der Waals surface area contributed by atoms with Crippen molar-refractivity contribution in [3.05, 3.63) is 6.42 Å². The fourth-order valence-electron chi connectivity index (χ4n) is 1.58. The van der Waals surface area contributed by atoms with Crippen LogP contribution in [-0.4, -0.2) is 12.6 Å². The van der Waals surface area contributed by atoms with Crippen molar-refractivity contribution < 1.29 is 4.79 Å². The van der Waals surface area contributed by atoms with E-state index in [1.807, 2.05) is 0 Å². The average Bonchev–Trinajstić information content (AvgIpc) is 2.07. The van der Waals surface area contributed by atoms with E-state index in [1.165, 1.54) is 25.7 Å². The first-order valence-corrected chi connectivity index (χ1v) is 4.29. The molecule has 1 radical (unpaired) electrons. The van der Waals surface area contributed by atoms with Crippen LogP contribution in [0.25, 0.3) is 0 Å². The van der Waals surface area contributed by atoms with Crippen LogP contribution in [0.15, 0.2) is 4.99 Å². The van der Waals surface area contributed by atoms with E-state index in [4.69, 9.17) is 0 Å². The van der Waals surface area contributed by atoms with Gasteiger partial charge in [-0.15, -0.1) is 0 Å². The Kier molecular flexibility index (Phi) is 3.92. The molecular weight excluding hydrogens is 138 g/mol. The standard InChI is InChI=1S/C9H14NO/c11-8-10-7-6-9-4-2-1-3-5-9/h2,9H,1,3-7H2. The van der Waals surface area contributed by atoms with Gasteiger partial charge in [-0.3, -0.25) is 0 Å². The predicted molar refractivity (Wildman–Crippen MR) is 43.9 cm³/mol. The van der Waals surface area contributed by atoms with Crippen molar-refractivity contribution in [2.24, 2.45) is 10.9 Å². The smallest absolute Gasteiger partial charge is 0.211 e. The third kappa shape index (κ3) is 3.33. The van der Waals surface area contributed by atoms with E-state index < -0.39 is 0 Å². The van der Waals surface area contributed by atoms with Crippen LogP contribution >= 0.6 is 0 Å². The third-order valence-electron chi connectivity index (χ3n) is 2.23. The molecule has 1 aliphatic rings. The van der Waals surface area contributed by atoms with Gasteiger partial charge in [-0.2, -0.15) is 0 Å². The van der Waals surface area contributed by atoms with Crippen molar-refractivity contribution in [2.75, 3.05) is 6.54 Å². The summed E-state index contributed by atoms with van der Waals surface area (Å²) in [5, 5.41) is 0. The van der Waals surface area contributed by atoms with Crippen molar-refractivity contribution >= 4 is 6.08 Å². The zero-order chi connectivity index (χ0) is 7.94. The predicted octanol–water partition coefficient (Wildman–Crippen LogP) is 2.11. The van der Waals surface area contributed by atoms with E-state index in [1.54, 1.807) is 6.08 Å². The summed E-state index contributed by atoms with van der Waals surface area (Å²) in [5.41, 5.74) is 0. The molecule has 1 aliphatic carbocycles. The fourth-order valence-corrected chi connectivity index (χ4v) is 1.58. The van der Waals surface area contributed by atoms with E-state index in [0.717, 1.165) is 12.3 Å². The van der Waals surface area contributed by atoms with E-state index in [9.17, 15) is 4.79 Å². The van der Waals surface area contributed by atoms with Crippen molar-refractivity contribution in [3.8, 4) is 0 Å². The first-order valence-electron chi connectivity index (χ1n) is 4.29. The molecule has 0 aromatic carbocycles. The molecule has 61 valence electrons. The molecule has 0 aromatic rings. The van der Waals surface area contributed by atoms with Gasteiger partial charge >= 0.3 is 0 Å². The summed E-state index contributed by atoms with van der Waals surface area (Å²) in [6.07, 6.45) is 10.1. The van der Waals surface area contributed by atoms with Gasteiger partial charge in [0.25, 0.3) is 0 Å². The quantitative estimate of drug-likeness (QED) is 0.450. The molecule has 1 unspecified atom stereocenters. The van der Waals surface area contributed by atoms with Gasteiger partial charge in [0.05, 0.1) is 6.54 Å². The van der Waals surface area contributed by atoms with Gasteiger partial charge in [0.2, 0.25) is 6.08 Å². The van der Waals surface area contributed by atoms with Crippen LogP contribution in [0.5, 0.6) is 0 Å². The number of isocyanates is 1. The minimum absolute atomic E-state index is 0.669. The van der Waals surface area contributed by atoms with Crippen LogP contribution < -0.4 is 0 Å². The molecule has 2 heteroatoms. The first kappa shape index (κ1) is 8.48.